The van der Waals surface area contributed by atoms with Crippen LogP contribution >= 0.6 is 0 Å². The van der Waals surface area contributed by atoms with Crippen molar-refractivity contribution in [2.24, 2.45) is 5.92 Å². The molecule has 0 aromatic rings. The van der Waals surface area contributed by atoms with Gasteiger partial charge in [-0.3, -0.25) is 4.90 Å². The van der Waals surface area contributed by atoms with Gasteiger partial charge in [-0.15, -0.1) is 0 Å². The lowest BCUT2D eigenvalue weighted by Crippen LogP contribution is -2.29. The van der Waals surface area contributed by atoms with Crippen LogP contribution in [0.15, 0.2) is 0 Å². The second-order valence-electron chi connectivity index (χ2n) is 6.26. The number of carbonyl (C=O) groups is 2. The maximum atomic E-state index is 12.3. The minimum absolute atomic E-state index is 0.000648. The third-order valence-electron chi connectivity index (χ3n) is 4.95. The molecule has 0 aromatic heterocycles. The minimum atomic E-state index is -0.715. The third-order valence-corrected chi connectivity index (χ3v) is 4.95. The van der Waals surface area contributed by atoms with E-state index in [1.54, 1.807) is 11.8 Å². The zero-order valence-corrected chi connectivity index (χ0v) is 12.3. The van der Waals surface area contributed by atoms with E-state index in [0.717, 1.165) is 12.8 Å². The predicted octanol–water partition coefficient (Wildman–Crippen LogP) is 2.48. The van der Waals surface area contributed by atoms with E-state index in [9.17, 15) is 9.59 Å². The fraction of sp³-hybridized carbons (Fsp3) is 0.867. The van der Waals surface area contributed by atoms with Crippen LogP contribution in [-0.2, 0) is 14.3 Å². The lowest BCUT2D eigenvalue weighted by molar-refractivity contribution is -0.143. The Morgan fingerprint density at radius 3 is 2.65 bits per heavy atom. The van der Waals surface area contributed by atoms with Gasteiger partial charge in [0.25, 0.3) is 0 Å². The van der Waals surface area contributed by atoms with E-state index >= 15 is 0 Å². The Hall–Kier alpha value is -1.26. The number of hydrogen-bond donors (Lipinski definition) is 0. The summed E-state index contributed by atoms with van der Waals surface area (Å²) >= 11 is 0. The molecule has 3 rings (SSSR count). The van der Waals surface area contributed by atoms with Crippen LogP contribution in [0.4, 0.5) is 4.79 Å². The van der Waals surface area contributed by atoms with E-state index in [2.05, 4.69) is 0 Å². The Morgan fingerprint density at radius 2 is 2.10 bits per heavy atom. The first-order valence-electron chi connectivity index (χ1n) is 7.78. The molecule has 1 spiro atoms. The smallest absolute Gasteiger partial charge is 0.411 e. The molecule has 0 N–H and O–H groups in total. The van der Waals surface area contributed by atoms with Crippen LogP contribution in [0.5, 0.6) is 0 Å². The standard InChI is InChI=1S/C15H23NO4/c1-3-19-14(18)16-12(11-7-5-4-6-8-11)15(16)9-10(2)20-13(15)17/h10-12H,3-9H2,1-2H3/t10-,12+,15+,16?/m0/s1. The molecule has 5 heteroatoms. The Bertz CT molecular complexity index is 418. The first-order chi connectivity index (χ1) is 9.61. The summed E-state index contributed by atoms with van der Waals surface area (Å²) < 4.78 is 10.5. The van der Waals surface area contributed by atoms with Crippen molar-refractivity contribution in [2.75, 3.05) is 6.61 Å². The zero-order valence-electron chi connectivity index (χ0n) is 12.3. The Labute approximate surface area is 119 Å². The molecular formula is C15H23NO4. The molecule has 3 fully saturated rings. The molecule has 0 unspecified atom stereocenters. The van der Waals surface area contributed by atoms with Gasteiger partial charge in [0.1, 0.15) is 6.10 Å². The molecule has 2 heterocycles. The summed E-state index contributed by atoms with van der Waals surface area (Å²) in [6, 6.07) is -0.000648. The molecule has 1 amide bonds. The Morgan fingerprint density at radius 1 is 1.40 bits per heavy atom. The van der Waals surface area contributed by atoms with Crippen molar-refractivity contribution in [3.63, 3.8) is 0 Å². The number of rotatable bonds is 2. The van der Waals surface area contributed by atoms with Crippen molar-refractivity contribution in [1.82, 2.24) is 4.90 Å². The third kappa shape index (κ3) is 1.90. The van der Waals surface area contributed by atoms with Crippen LogP contribution < -0.4 is 0 Å². The fourth-order valence-electron chi connectivity index (χ4n) is 4.16. The van der Waals surface area contributed by atoms with Gasteiger partial charge in [0, 0.05) is 6.42 Å². The summed E-state index contributed by atoms with van der Waals surface area (Å²) in [6.07, 6.45) is 6.01. The minimum Gasteiger partial charge on any atom is -0.461 e. The van der Waals surface area contributed by atoms with Crippen molar-refractivity contribution in [2.45, 2.75) is 70.1 Å². The van der Waals surface area contributed by atoms with E-state index in [0.29, 0.717) is 18.9 Å². The summed E-state index contributed by atoms with van der Waals surface area (Å²) in [7, 11) is 0. The quantitative estimate of drug-likeness (QED) is 0.576. The molecule has 1 aliphatic carbocycles. The van der Waals surface area contributed by atoms with E-state index in [-0.39, 0.29) is 24.2 Å². The second-order valence-corrected chi connectivity index (χ2v) is 6.26. The van der Waals surface area contributed by atoms with E-state index in [4.69, 9.17) is 9.47 Å². The highest BCUT2D eigenvalue weighted by atomic mass is 16.6. The molecule has 0 aromatic carbocycles. The summed E-state index contributed by atoms with van der Waals surface area (Å²) in [6.45, 7) is 4.03. The van der Waals surface area contributed by atoms with E-state index < -0.39 is 5.54 Å². The number of cyclic esters (lactones) is 1. The lowest BCUT2D eigenvalue weighted by Gasteiger charge is -2.21. The molecule has 3 aliphatic rings. The SMILES string of the molecule is CCOC(=O)N1[C@H](C2CCCCC2)[C@@]12C[C@H](C)OC2=O. The highest BCUT2D eigenvalue weighted by Crippen LogP contribution is 2.55. The van der Waals surface area contributed by atoms with Gasteiger partial charge in [0.15, 0.2) is 5.54 Å². The second kappa shape index (κ2) is 4.93. The first kappa shape index (κ1) is 13.7. The van der Waals surface area contributed by atoms with Crippen LogP contribution in [0.25, 0.3) is 0 Å². The van der Waals surface area contributed by atoms with Crippen LogP contribution in [0.2, 0.25) is 0 Å². The van der Waals surface area contributed by atoms with E-state index in [1.807, 2.05) is 6.92 Å². The van der Waals surface area contributed by atoms with Crippen LogP contribution in [0, 0.1) is 5.92 Å². The summed E-state index contributed by atoms with van der Waals surface area (Å²) in [5.41, 5.74) is -0.715. The highest BCUT2D eigenvalue weighted by molar-refractivity contribution is 5.94. The predicted molar refractivity (Wildman–Crippen MR) is 72.1 cm³/mol. The Kier molecular flexibility index (Phi) is 3.38. The Balaban J connectivity index is 1.82. The highest BCUT2D eigenvalue weighted by Gasteiger charge is 2.76. The summed E-state index contributed by atoms with van der Waals surface area (Å²) in [4.78, 5) is 26.1. The number of amides is 1. The average molecular weight is 281 g/mol. The van der Waals surface area contributed by atoms with Crippen LogP contribution in [0.1, 0.15) is 52.4 Å². The first-order valence-corrected chi connectivity index (χ1v) is 7.78. The van der Waals surface area contributed by atoms with Gasteiger partial charge in [0.2, 0.25) is 0 Å². The molecule has 5 nitrogen and oxygen atoms in total. The number of hydrogen-bond acceptors (Lipinski definition) is 4. The zero-order chi connectivity index (χ0) is 14.3. The maximum absolute atomic E-state index is 12.3. The van der Waals surface area contributed by atoms with Gasteiger partial charge in [-0.25, -0.2) is 9.59 Å². The van der Waals surface area contributed by atoms with Gasteiger partial charge >= 0.3 is 12.1 Å². The van der Waals surface area contributed by atoms with Crippen molar-refractivity contribution in [3.05, 3.63) is 0 Å². The van der Waals surface area contributed by atoms with Gasteiger partial charge in [-0.2, -0.15) is 0 Å². The van der Waals surface area contributed by atoms with Crippen molar-refractivity contribution in [3.8, 4) is 0 Å². The van der Waals surface area contributed by atoms with Crippen LogP contribution in [0.3, 0.4) is 0 Å². The molecule has 2 aliphatic heterocycles. The van der Waals surface area contributed by atoms with Gasteiger partial charge in [0.05, 0.1) is 12.6 Å². The van der Waals surface area contributed by atoms with Gasteiger partial charge in [-0.05, 0) is 32.6 Å². The maximum Gasteiger partial charge on any atom is 0.411 e. The van der Waals surface area contributed by atoms with Crippen molar-refractivity contribution >= 4 is 12.1 Å². The molecule has 0 bridgehead atoms. The van der Waals surface area contributed by atoms with Gasteiger partial charge < -0.3 is 9.47 Å². The van der Waals surface area contributed by atoms with Crippen molar-refractivity contribution < 1.29 is 19.1 Å². The number of ether oxygens (including phenoxy) is 2. The molecule has 1 saturated carbocycles. The molecule has 0 radical (unpaired) electrons. The molecule has 2 saturated heterocycles. The van der Waals surface area contributed by atoms with Gasteiger partial charge in [-0.1, -0.05) is 19.3 Å². The lowest BCUT2D eigenvalue weighted by atomic mass is 9.82. The molecule has 112 valence electrons. The largest absolute Gasteiger partial charge is 0.461 e. The summed E-state index contributed by atoms with van der Waals surface area (Å²) in [5.74, 6) is 0.194. The van der Waals surface area contributed by atoms with Crippen LogP contribution in [-0.4, -0.2) is 41.3 Å². The molecule has 3 atom stereocenters. The average Bonchev–Trinajstić information content (AvgIpc) is 3.00. The number of carbonyl (C=O) groups excluding carboxylic acids is 2. The van der Waals surface area contributed by atoms with E-state index in [1.165, 1.54) is 19.3 Å². The molecular weight excluding hydrogens is 258 g/mol. The molecule has 20 heavy (non-hydrogen) atoms. The summed E-state index contributed by atoms with van der Waals surface area (Å²) in [5, 5.41) is 0. The number of nitrogens with zero attached hydrogens (tertiary/aromatic N) is 1. The number of esters is 1. The monoisotopic (exact) mass is 281 g/mol. The normalized spacial score (nSPS) is 37.1. The fourth-order valence-corrected chi connectivity index (χ4v) is 4.16. The van der Waals surface area contributed by atoms with Crippen molar-refractivity contribution in [1.29, 1.82) is 0 Å². The topological polar surface area (TPSA) is 55.6 Å².